The van der Waals surface area contributed by atoms with E-state index in [0.29, 0.717) is 23.5 Å². The molecular formula is C25H26N4O4S. The van der Waals surface area contributed by atoms with Crippen LogP contribution in [0.2, 0.25) is 0 Å². The fraction of sp³-hybridized carbons (Fsp3) is 0.200. The number of urea groups is 1. The molecule has 0 saturated heterocycles. The molecule has 0 bridgehead atoms. The summed E-state index contributed by atoms with van der Waals surface area (Å²) in [6, 6.07) is 22.1. The van der Waals surface area contributed by atoms with Crippen molar-refractivity contribution >= 4 is 39.0 Å². The van der Waals surface area contributed by atoms with Crippen molar-refractivity contribution in [3.63, 3.8) is 0 Å². The van der Waals surface area contributed by atoms with E-state index in [9.17, 15) is 18.0 Å². The molecule has 9 heteroatoms. The van der Waals surface area contributed by atoms with Gasteiger partial charge in [-0.2, -0.15) is 4.31 Å². The van der Waals surface area contributed by atoms with Gasteiger partial charge in [-0.3, -0.25) is 4.79 Å². The fourth-order valence-corrected chi connectivity index (χ4v) is 5.08. The molecule has 3 aromatic rings. The Morgan fingerprint density at radius 3 is 1.94 bits per heavy atom. The molecule has 176 valence electrons. The van der Waals surface area contributed by atoms with E-state index < -0.39 is 22.0 Å². The molecule has 3 N–H and O–H groups in total. The topological polar surface area (TPSA) is 108 Å². The number of hydrogen-bond acceptors (Lipinski definition) is 4. The van der Waals surface area contributed by atoms with Gasteiger partial charge in [0.05, 0.1) is 5.75 Å². The van der Waals surface area contributed by atoms with Crippen LogP contribution in [0.25, 0.3) is 0 Å². The molecule has 0 fully saturated rings. The van der Waals surface area contributed by atoms with Gasteiger partial charge in [-0.15, -0.1) is 0 Å². The molecule has 3 amide bonds. The maximum atomic E-state index is 13.1. The second-order valence-corrected chi connectivity index (χ2v) is 10.2. The Bertz CT molecular complexity index is 1280. The van der Waals surface area contributed by atoms with Crippen LogP contribution in [-0.4, -0.2) is 36.5 Å². The average molecular weight is 479 g/mol. The number of hydrogen-bond donors (Lipinski definition) is 3. The molecule has 1 unspecified atom stereocenters. The third-order valence-corrected chi connectivity index (χ3v) is 7.50. The van der Waals surface area contributed by atoms with Gasteiger partial charge >= 0.3 is 6.03 Å². The lowest BCUT2D eigenvalue weighted by atomic mass is 9.95. The number of nitrogens with zero attached hydrogens (tertiary/aromatic N) is 1. The minimum absolute atomic E-state index is 0.0790. The lowest BCUT2D eigenvalue weighted by molar-refractivity contribution is -0.120. The molecule has 3 aromatic carbocycles. The van der Waals surface area contributed by atoms with Gasteiger partial charge in [0.25, 0.3) is 0 Å². The molecule has 0 saturated carbocycles. The van der Waals surface area contributed by atoms with Gasteiger partial charge < -0.3 is 16.0 Å². The number of benzene rings is 3. The molecule has 8 nitrogen and oxygen atoms in total. The quantitative estimate of drug-likeness (QED) is 0.497. The third-order valence-electron chi connectivity index (χ3n) is 5.67. The minimum Gasteiger partial charge on any atom is -0.325 e. The van der Waals surface area contributed by atoms with Gasteiger partial charge in [0.2, 0.25) is 15.9 Å². The van der Waals surface area contributed by atoms with Crippen molar-refractivity contribution in [1.82, 2.24) is 4.31 Å². The summed E-state index contributed by atoms with van der Waals surface area (Å²) in [6.45, 7) is 1.74. The molecule has 0 aromatic heterocycles. The maximum absolute atomic E-state index is 13.1. The van der Waals surface area contributed by atoms with Gasteiger partial charge in [0.15, 0.2) is 0 Å². The Labute approximate surface area is 199 Å². The number of nitrogens with one attached hydrogen (secondary N) is 3. The number of fused-ring (bicyclic) bond motifs is 1. The molecule has 1 aliphatic rings. The van der Waals surface area contributed by atoms with Crippen molar-refractivity contribution in [3.05, 3.63) is 90.0 Å². The normalized spacial score (nSPS) is 15.7. The van der Waals surface area contributed by atoms with Crippen LogP contribution in [0.4, 0.5) is 21.9 Å². The van der Waals surface area contributed by atoms with Crippen molar-refractivity contribution < 1.29 is 18.0 Å². The summed E-state index contributed by atoms with van der Waals surface area (Å²) < 4.78 is 26.7. The van der Waals surface area contributed by atoms with Crippen molar-refractivity contribution in [1.29, 1.82) is 0 Å². The lowest BCUT2D eigenvalue weighted by Crippen LogP contribution is -2.51. The summed E-state index contributed by atoms with van der Waals surface area (Å²) in [5.41, 5.74) is 3.60. The lowest BCUT2D eigenvalue weighted by Gasteiger charge is -2.34. The Kier molecular flexibility index (Phi) is 6.95. The number of para-hydroxylation sites is 1. The number of anilines is 3. The van der Waals surface area contributed by atoms with Crippen LogP contribution in [0.5, 0.6) is 0 Å². The van der Waals surface area contributed by atoms with Crippen LogP contribution in [-0.2, 0) is 27.8 Å². The summed E-state index contributed by atoms with van der Waals surface area (Å²) in [4.78, 5) is 25.3. The number of carbonyl (C=O) groups is 2. The van der Waals surface area contributed by atoms with Crippen LogP contribution in [0.15, 0.2) is 78.9 Å². The predicted molar refractivity (Wildman–Crippen MR) is 133 cm³/mol. The highest BCUT2D eigenvalue weighted by atomic mass is 32.2. The Balaban J connectivity index is 1.43. The molecule has 4 rings (SSSR count). The molecular weight excluding hydrogens is 452 g/mol. The zero-order chi connectivity index (χ0) is 24.1. The van der Waals surface area contributed by atoms with Crippen molar-refractivity contribution in [2.45, 2.75) is 25.9 Å². The first-order chi connectivity index (χ1) is 16.4. The highest BCUT2D eigenvalue weighted by molar-refractivity contribution is 7.89. The van der Waals surface area contributed by atoms with Crippen LogP contribution in [0, 0.1) is 0 Å². The smallest absolute Gasteiger partial charge is 0.323 e. The van der Waals surface area contributed by atoms with E-state index in [2.05, 4.69) is 16.0 Å². The summed E-state index contributed by atoms with van der Waals surface area (Å²) in [5.74, 6) is -0.473. The van der Waals surface area contributed by atoms with E-state index in [0.717, 1.165) is 11.1 Å². The largest absolute Gasteiger partial charge is 0.325 e. The van der Waals surface area contributed by atoms with Crippen LogP contribution < -0.4 is 16.0 Å². The summed E-state index contributed by atoms with van der Waals surface area (Å²) in [7, 11) is -3.58. The van der Waals surface area contributed by atoms with E-state index in [-0.39, 0.29) is 18.3 Å². The molecule has 34 heavy (non-hydrogen) atoms. The second kappa shape index (κ2) is 10.1. The summed E-state index contributed by atoms with van der Waals surface area (Å²) in [5, 5.41) is 8.28. The highest BCUT2D eigenvalue weighted by Crippen LogP contribution is 2.27. The number of amides is 3. The van der Waals surface area contributed by atoms with E-state index in [1.165, 1.54) is 4.31 Å². The Hall–Kier alpha value is -3.69. The second-order valence-electron chi connectivity index (χ2n) is 7.95. The molecule has 0 radical (unpaired) electrons. The third kappa shape index (κ3) is 5.44. The monoisotopic (exact) mass is 478 g/mol. The SMILES string of the molecule is CCS(=O)(=O)N1Cc2ccccc2CC1C(=O)Nc1ccc(NC(=O)Nc2ccccc2)cc1. The van der Waals surface area contributed by atoms with E-state index in [1.807, 2.05) is 42.5 Å². The van der Waals surface area contributed by atoms with Gasteiger partial charge in [0.1, 0.15) is 6.04 Å². The number of rotatable bonds is 6. The van der Waals surface area contributed by atoms with Crippen LogP contribution >= 0.6 is 0 Å². The summed E-state index contributed by atoms with van der Waals surface area (Å²) in [6.07, 6.45) is 0.306. The average Bonchev–Trinajstić information content (AvgIpc) is 2.85. The summed E-state index contributed by atoms with van der Waals surface area (Å²) >= 11 is 0. The zero-order valence-electron chi connectivity index (χ0n) is 18.7. The standard InChI is InChI=1S/C25H26N4O4S/c1-2-34(32,33)29-17-19-9-7-6-8-18(19)16-23(29)24(30)26-21-12-14-22(15-13-21)28-25(31)27-20-10-4-3-5-11-20/h3-15,23H,2,16-17H2,1H3,(H,26,30)(H2,27,28,31). The van der Waals surface area contributed by atoms with E-state index >= 15 is 0 Å². The molecule has 0 aliphatic carbocycles. The fourth-order valence-electron chi connectivity index (χ4n) is 3.86. The Morgan fingerprint density at radius 2 is 1.32 bits per heavy atom. The van der Waals surface area contributed by atoms with Crippen molar-refractivity contribution in [2.75, 3.05) is 21.7 Å². The first kappa shape index (κ1) is 23.5. The van der Waals surface area contributed by atoms with Crippen molar-refractivity contribution in [3.8, 4) is 0 Å². The highest BCUT2D eigenvalue weighted by Gasteiger charge is 2.37. The zero-order valence-corrected chi connectivity index (χ0v) is 19.5. The molecule has 0 spiro atoms. The van der Waals surface area contributed by atoms with Gasteiger partial charge in [-0.1, -0.05) is 42.5 Å². The van der Waals surface area contributed by atoms with Crippen molar-refractivity contribution in [2.24, 2.45) is 0 Å². The predicted octanol–water partition coefficient (Wildman–Crippen LogP) is 4.05. The molecule has 1 aliphatic heterocycles. The van der Waals surface area contributed by atoms with Crippen LogP contribution in [0.1, 0.15) is 18.1 Å². The molecule has 1 atom stereocenters. The number of carbonyl (C=O) groups excluding carboxylic acids is 2. The van der Waals surface area contributed by atoms with E-state index in [4.69, 9.17) is 0 Å². The Morgan fingerprint density at radius 1 is 0.794 bits per heavy atom. The first-order valence-corrected chi connectivity index (χ1v) is 12.6. The van der Waals surface area contributed by atoms with Gasteiger partial charge in [-0.05, 0) is 60.9 Å². The molecule has 1 heterocycles. The number of sulfonamides is 1. The minimum atomic E-state index is -3.58. The van der Waals surface area contributed by atoms with Crippen LogP contribution in [0.3, 0.4) is 0 Å². The van der Waals surface area contributed by atoms with Gasteiger partial charge in [-0.25, -0.2) is 13.2 Å². The van der Waals surface area contributed by atoms with E-state index in [1.54, 1.807) is 43.3 Å². The van der Waals surface area contributed by atoms with Gasteiger partial charge in [0, 0.05) is 23.6 Å². The maximum Gasteiger partial charge on any atom is 0.323 e. The first-order valence-electron chi connectivity index (χ1n) is 11.0.